The van der Waals surface area contributed by atoms with E-state index in [4.69, 9.17) is 9.47 Å². The van der Waals surface area contributed by atoms with Crippen LogP contribution in [0.5, 0.6) is 0 Å². The number of ether oxygens (including phenoxy) is 2. The quantitative estimate of drug-likeness (QED) is 0.643. The lowest BCUT2D eigenvalue weighted by molar-refractivity contribution is 0.00861. The van der Waals surface area contributed by atoms with Gasteiger partial charge in [0.15, 0.2) is 0 Å². The summed E-state index contributed by atoms with van der Waals surface area (Å²) in [6.07, 6.45) is 0.180. The fourth-order valence-electron chi connectivity index (χ4n) is 3.55. The molecule has 0 saturated carbocycles. The van der Waals surface area contributed by atoms with Gasteiger partial charge < -0.3 is 14.5 Å². The summed E-state index contributed by atoms with van der Waals surface area (Å²) in [5, 5.41) is 0. The van der Waals surface area contributed by atoms with E-state index >= 15 is 0 Å². The van der Waals surface area contributed by atoms with Crippen molar-refractivity contribution in [3.05, 3.63) is 59.2 Å². The summed E-state index contributed by atoms with van der Waals surface area (Å²) in [6, 6.07) is 8.99. The summed E-state index contributed by atoms with van der Waals surface area (Å²) >= 11 is 0. The van der Waals surface area contributed by atoms with Crippen LogP contribution in [0.4, 0.5) is 4.39 Å². The van der Waals surface area contributed by atoms with Crippen LogP contribution in [-0.4, -0.2) is 58.3 Å². The lowest BCUT2D eigenvalue weighted by Crippen LogP contribution is -2.25. The number of carbonyl (C=O) groups is 1. The molecule has 0 amide bonds. The maximum atomic E-state index is 14.5. The van der Waals surface area contributed by atoms with Crippen LogP contribution in [-0.2, 0) is 22.6 Å². The molecule has 0 spiro atoms. The number of carbonyl (C=O) groups excluding carboxylic acids is 1. The van der Waals surface area contributed by atoms with Crippen molar-refractivity contribution in [3.8, 4) is 0 Å². The molecule has 2 unspecified atom stereocenters. The number of methoxy groups -OCH3 is 1. The molecule has 1 aliphatic heterocycles. The van der Waals surface area contributed by atoms with E-state index in [1.54, 1.807) is 24.4 Å². The van der Waals surface area contributed by atoms with Crippen LogP contribution in [0.25, 0.3) is 11.0 Å². The smallest absolute Gasteiger partial charge is 0.337 e. The standard InChI is InChI=1S/C21H23FN4O3/c1-13-4-3-7-23-18(13)10-26-9-15(22)19(11-26)29-12-20-24-16-6-5-14(21(27)28-2)8-17(16)25-20/h3-8,15,19H,9-12H2,1-2H3,(H,24,25). The molecule has 29 heavy (non-hydrogen) atoms. The van der Waals surface area contributed by atoms with E-state index in [0.717, 1.165) is 11.3 Å². The molecule has 152 valence electrons. The Hall–Kier alpha value is -2.84. The number of nitrogens with zero attached hydrogens (tertiary/aromatic N) is 3. The first-order valence-corrected chi connectivity index (χ1v) is 9.49. The van der Waals surface area contributed by atoms with Gasteiger partial charge in [0.2, 0.25) is 0 Å². The highest BCUT2D eigenvalue weighted by atomic mass is 19.1. The van der Waals surface area contributed by atoms with Crippen LogP contribution < -0.4 is 0 Å². The zero-order chi connectivity index (χ0) is 20.4. The third-order valence-corrected chi connectivity index (χ3v) is 5.15. The zero-order valence-corrected chi connectivity index (χ0v) is 16.4. The van der Waals surface area contributed by atoms with E-state index in [1.165, 1.54) is 7.11 Å². The lowest BCUT2D eigenvalue weighted by Gasteiger charge is -2.16. The molecule has 0 radical (unpaired) electrons. The fraction of sp³-hybridized carbons (Fsp3) is 0.381. The molecular formula is C21H23FN4O3. The van der Waals surface area contributed by atoms with Gasteiger partial charge in [-0.3, -0.25) is 9.88 Å². The third kappa shape index (κ3) is 4.28. The molecule has 0 bridgehead atoms. The van der Waals surface area contributed by atoms with Gasteiger partial charge in [-0.15, -0.1) is 0 Å². The summed E-state index contributed by atoms with van der Waals surface area (Å²) in [7, 11) is 1.34. The third-order valence-electron chi connectivity index (χ3n) is 5.15. The highest BCUT2D eigenvalue weighted by molar-refractivity contribution is 5.93. The number of H-pyrrole nitrogens is 1. The normalized spacial score (nSPS) is 19.7. The highest BCUT2D eigenvalue weighted by Gasteiger charge is 2.34. The summed E-state index contributed by atoms with van der Waals surface area (Å²) in [4.78, 5) is 25.6. The molecule has 8 heteroatoms. The Labute approximate surface area is 167 Å². The molecule has 0 aliphatic carbocycles. The molecule has 1 N–H and O–H groups in total. The van der Waals surface area contributed by atoms with Crippen molar-refractivity contribution in [1.82, 2.24) is 19.9 Å². The zero-order valence-electron chi connectivity index (χ0n) is 16.4. The van der Waals surface area contributed by atoms with E-state index in [2.05, 4.69) is 15.0 Å². The summed E-state index contributed by atoms with van der Waals surface area (Å²) in [5.74, 6) is 0.182. The van der Waals surface area contributed by atoms with E-state index in [9.17, 15) is 9.18 Å². The summed E-state index contributed by atoms with van der Waals surface area (Å²) in [6.45, 7) is 3.61. The molecule has 1 saturated heterocycles. The van der Waals surface area contributed by atoms with Crippen LogP contribution >= 0.6 is 0 Å². The Bertz CT molecular complexity index is 1020. The van der Waals surface area contributed by atoms with E-state index in [-0.39, 0.29) is 6.61 Å². The van der Waals surface area contributed by atoms with Crippen LogP contribution in [0.15, 0.2) is 36.5 Å². The second kappa shape index (κ2) is 8.26. The number of alkyl halides is 1. The molecule has 1 aliphatic rings. The number of fused-ring (bicyclic) bond motifs is 1. The van der Waals surface area contributed by atoms with Crippen LogP contribution in [0.1, 0.15) is 27.4 Å². The monoisotopic (exact) mass is 398 g/mol. The number of aryl methyl sites for hydroxylation is 1. The van der Waals surface area contributed by atoms with Crippen LogP contribution in [0.2, 0.25) is 0 Å². The van der Waals surface area contributed by atoms with Crippen LogP contribution in [0.3, 0.4) is 0 Å². The average molecular weight is 398 g/mol. The maximum absolute atomic E-state index is 14.5. The Kier molecular flexibility index (Phi) is 5.55. The molecular weight excluding hydrogens is 375 g/mol. The van der Waals surface area contributed by atoms with Gasteiger partial charge in [0.05, 0.1) is 29.4 Å². The highest BCUT2D eigenvalue weighted by Crippen LogP contribution is 2.21. The molecule has 3 heterocycles. The van der Waals surface area contributed by atoms with Gasteiger partial charge in [0.1, 0.15) is 24.7 Å². The number of hydrogen-bond acceptors (Lipinski definition) is 6. The Morgan fingerprint density at radius 2 is 2.21 bits per heavy atom. The number of likely N-dealkylation sites (tertiary alicyclic amines) is 1. The number of esters is 1. The Balaban J connectivity index is 1.37. The molecule has 4 rings (SSSR count). The fourth-order valence-corrected chi connectivity index (χ4v) is 3.55. The van der Waals surface area contributed by atoms with Crippen molar-refractivity contribution in [3.63, 3.8) is 0 Å². The topological polar surface area (TPSA) is 80.3 Å². The number of pyridine rings is 1. The van der Waals surface area contributed by atoms with Gasteiger partial charge in [-0.05, 0) is 36.8 Å². The van der Waals surface area contributed by atoms with Crippen LogP contribution in [0, 0.1) is 6.92 Å². The molecule has 7 nitrogen and oxygen atoms in total. The van der Waals surface area contributed by atoms with E-state index in [0.29, 0.717) is 42.1 Å². The number of benzene rings is 1. The SMILES string of the molecule is COC(=O)c1ccc2nc(COC3CN(Cc4ncccc4C)CC3F)[nH]c2c1. The van der Waals surface area contributed by atoms with Crippen molar-refractivity contribution in [2.45, 2.75) is 32.4 Å². The van der Waals surface area contributed by atoms with Gasteiger partial charge in [0, 0.05) is 25.8 Å². The van der Waals surface area contributed by atoms with Gasteiger partial charge >= 0.3 is 5.97 Å². The molecule has 1 aromatic carbocycles. The predicted octanol–water partition coefficient (Wildman–Crippen LogP) is 2.79. The van der Waals surface area contributed by atoms with Crippen molar-refractivity contribution in [2.75, 3.05) is 20.2 Å². The minimum Gasteiger partial charge on any atom is -0.465 e. The molecule has 1 fully saturated rings. The number of rotatable bonds is 6. The van der Waals surface area contributed by atoms with E-state index in [1.807, 2.05) is 24.0 Å². The van der Waals surface area contributed by atoms with E-state index < -0.39 is 18.2 Å². The average Bonchev–Trinajstić information content (AvgIpc) is 3.29. The van der Waals surface area contributed by atoms with Crippen molar-refractivity contribution < 1.29 is 18.7 Å². The van der Waals surface area contributed by atoms with Gasteiger partial charge in [-0.2, -0.15) is 0 Å². The van der Waals surface area contributed by atoms with Gasteiger partial charge in [-0.1, -0.05) is 6.07 Å². The first-order valence-electron chi connectivity index (χ1n) is 9.49. The van der Waals surface area contributed by atoms with Crippen molar-refractivity contribution >= 4 is 17.0 Å². The van der Waals surface area contributed by atoms with Crippen molar-refractivity contribution in [1.29, 1.82) is 0 Å². The largest absolute Gasteiger partial charge is 0.465 e. The van der Waals surface area contributed by atoms with Crippen molar-refractivity contribution in [2.24, 2.45) is 0 Å². The predicted molar refractivity (Wildman–Crippen MR) is 105 cm³/mol. The Morgan fingerprint density at radius 3 is 3.00 bits per heavy atom. The number of halogens is 1. The first kappa shape index (κ1) is 19.5. The number of imidazole rings is 1. The Morgan fingerprint density at radius 1 is 1.34 bits per heavy atom. The molecule has 2 atom stereocenters. The summed E-state index contributed by atoms with van der Waals surface area (Å²) < 4.78 is 25.0. The molecule has 3 aromatic rings. The minimum atomic E-state index is -1.06. The number of nitrogens with one attached hydrogen (secondary N) is 1. The number of hydrogen-bond donors (Lipinski definition) is 1. The number of aromatic amines is 1. The maximum Gasteiger partial charge on any atom is 0.337 e. The lowest BCUT2D eigenvalue weighted by atomic mass is 10.2. The molecule has 2 aromatic heterocycles. The summed E-state index contributed by atoms with van der Waals surface area (Å²) in [5.41, 5.74) is 3.92. The first-order chi connectivity index (χ1) is 14.0. The van der Waals surface area contributed by atoms with Gasteiger partial charge in [0.25, 0.3) is 0 Å². The second-order valence-corrected chi connectivity index (χ2v) is 7.23. The van der Waals surface area contributed by atoms with Gasteiger partial charge in [-0.25, -0.2) is 14.2 Å². The second-order valence-electron chi connectivity index (χ2n) is 7.23. The number of aromatic nitrogens is 3. The minimum absolute atomic E-state index is 0.170.